The maximum absolute atomic E-state index is 11.9. The molecule has 1 atom stereocenters. The van der Waals surface area contributed by atoms with Gasteiger partial charge in [-0.05, 0) is 30.5 Å². The highest BCUT2D eigenvalue weighted by Gasteiger charge is 2.48. The molecule has 3 rings (SSSR count). The van der Waals surface area contributed by atoms with Gasteiger partial charge in [-0.25, -0.2) is 5.43 Å². The number of carbonyl (C=O) groups excluding carboxylic acids is 2. The third-order valence-corrected chi connectivity index (χ3v) is 4.34. The Balaban J connectivity index is 1.72. The van der Waals surface area contributed by atoms with E-state index < -0.39 is 4.87 Å². The smallest absolute Gasteiger partial charge is 0.245 e. The van der Waals surface area contributed by atoms with Crippen molar-refractivity contribution >= 4 is 34.8 Å². The Morgan fingerprint density at radius 1 is 1.38 bits per heavy atom. The quantitative estimate of drug-likeness (QED) is 0.841. The van der Waals surface area contributed by atoms with Crippen LogP contribution in [0.2, 0.25) is 0 Å². The summed E-state index contributed by atoms with van der Waals surface area (Å²) in [7, 11) is 0. The van der Waals surface area contributed by atoms with Crippen LogP contribution in [0, 0.1) is 5.92 Å². The summed E-state index contributed by atoms with van der Waals surface area (Å²) < 4.78 is 0. The van der Waals surface area contributed by atoms with Crippen molar-refractivity contribution in [1.82, 2.24) is 5.43 Å². The largest absolute Gasteiger partial charge is 0.325 e. The molecule has 0 aromatic heterocycles. The van der Waals surface area contributed by atoms with E-state index in [1.54, 1.807) is 0 Å². The van der Waals surface area contributed by atoms with Gasteiger partial charge in [0.1, 0.15) is 4.87 Å². The van der Waals surface area contributed by atoms with Gasteiger partial charge in [0.2, 0.25) is 11.8 Å². The zero-order valence-electron chi connectivity index (χ0n) is 11.6. The number of rotatable bonds is 3. The number of hydrogen-bond acceptors (Lipinski definition) is 3. The second-order valence-electron chi connectivity index (χ2n) is 5.63. The van der Waals surface area contributed by atoms with E-state index in [9.17, 15) is 9.59 Å². The fourth-order valence-corrected chi connectivity index (χ4v) is 2.45. The zero-order chi connectivity index (χ0) is 15.0. The Morgan fingerprint density at radius 2 is 2.05 bits per heavy atom. The van der Waals surface area contributed by atoms with Gasteiger partial charge in [-0.2, -0.15) is 5.10 Å². The minimum atomic E-state index is -0.703. The first kappa shape index (κ1) is 14.1. The molecule has 0 saturated heterocycles. The van der Waals surface area contributed by atoms with E-state index in [-0.39, 0.29) is 17.7 Å². The Bertz CT molecular complexity index is 620. The lowest BCUT2D eigenvalue weighted by molar-refractivity contribution is -0.122. The third-order valence-electron chi connectivity index (χ3n) is 3.79. The van der Waals surface area contributed by atoms with Crippen LogP contribution in [0.15, 0.2) is 29.4 Å². The standard InChI is InChI=1S/C15H16ClN3O2/c1-9-8-12(20)18-19-13(9)10-2-4-11(5-3-10)17-14(21)15(16)6-7-15/h2-5,9H,6-8H2,1H3,(H,17,21)(H,18,20). The molecule has 6 heteroatoms. The van der Waals surface area contributed by atoms with E-state index in [0.717, 1.165) is 24.1 Å². The molecule has 1 aliphatic heterocycles. The molecule has 110 valence electrons. The van der Waals surface area contributed by atoms with Crippen molar-refractivity contribution in [3.8, 4) is 0 Å². The molecule has 0 spiro atoms. The summed E-state index contributed by atoms with van der Waals surface area (Å²) in [5.74, 6) is -0.128. The van der Waals surface area contributed by atoms with E-state index in [0.29, 0.717) is 12.1 Å². The van der Waals surface area contributed by atoms with Gasteiger partial charge in [0.25, 0.3) is 0 Å². The summed E-state index contributed by atoms with van der Waals surface area (Å²) in [4.78, 5) is 22.4. The predicted molar refractivity (Wildman–Crippen MR) is 81.4 cm³/mol. The molecule has 21 heavy (non-hydrogen) atoms. The molecule has 1 aromatic rings. The second kappa shape index (κ2) is 5.15. The minimum Gasteiger partial charge on any atom is -0.325 e. The number of benzene rings is 1. The molecular formula is C15H16ClN3O2. The van der Waals surface area contributed by atoms with Gasteiger partial charge in [0, 0.05) is 18.0 Å². The highest BCUT2D eigenvalue weighted by atomic mass is 35.5. The lowest BCUT2D eigenvalue weighted by Gasteiger charge is -2.19. The number of hydrazone groups is 1. The lowest BCUT2D eigenvalue weighted by Crippen LogP contribution is -2.31. The average Bonchev–Trinajstić information content (AvgIpc) is 3.19. The lowest BCUT2D eigenvalue weighted by atomic mass is 9.94. The molecule has 2 N–H and O–H groups in total. The molecule has 5 nitrogen and oxygen atoms in total. The van der Waals surface area contributed by atoms with Crippen LogP contribution in [-0.2, 0) is 9.59 Å². The van der Waals surface area contributed by atoms with Gasteiger partial charge >= 0.3 is 0 Å². The highest BCUT2D eigenvalue weighted by molar-refractivity contribution is 6.38. The van der Waals surface area contributed by atoms with Gasteiger partial charge in [0.15, 0.2) is 0 Å². The van der Waals surface area contributed by atoms with Gasteiger partial charge in [-0.15, -0.1) is 11.6 Å². The van der Waals surface area contributed by atoms with E-state index in [1.807, 2.05) is 31.2 Å². The van der Waals surface area contributed by atoms with E-state index in [4.69, 9.17) is 11.6 Å². The Morgan fingerprint density at radius 3 is 2.62 bits per heavy atom. The van der Waals surface area contributed by atoms with Crippen molar-refractivity contribution in [2.45, 2.75) is 31.1 Å². The molecule has 2 aliphatic rings. The molecule has 0 bridgehead atoms. The number of amides is 2. The first-order valence-corrected chi connectivity index (χ1v) is 7.33. The maximum Gasteiger partial charge on any atom is 0.245 e. The summed E-state index contributed by atoms with van der Waals surface area (Å²) in [5.41, 5.74) is 5.00. The Kier molecular flexibility index (Phi) is 3.45. The number of nitrogens with zero attached hydrogens (tertiary/aromatic N) is 1. The van der Waals surface area contributed by atoms with Crippen molar-refractivity contribution in [3.05, 3.63) is 29.8 Å². The van der Waals surface area contributed by atoms with E-state index >= 15 is 0 Å². The van der Waals surface area contributed by atoms with Crippen molar-refractivity contribution in [2.75, 3.05) is 5.32 Å². The molecule has 1 fully saturated rings. The zero-order valence-corrected chi connectivity index (χ0v) is 12.4. The van der Waals surface area contributed by atoms with E-state index in [2.05, 4.69) is 15.8 Å². The Hall–Kier alpha value is -1.88. The predicted octanol–water partition coefficient (Wildman–Crippen LogP) is 2.26. The number of anilines is 1. The number of alkyl halides is 1. The van der Waals surface area contributed by atoms with Crippen molar-refractivity contribution in [2.24, 2.45) is 11.0 Å². The topological polar surface area (TPSA) is 70.6 Å². The number of halogens is 1. The van der Waals surface area contributed by atoms with Crippen LogP contribution in [0.4, 0.5) is 5.69 Å². The second-order valence-corrected chi connectivity index (χ2v) is 6.36. The van der Waals surface area contributed by atoms with Crippen LogP contribution < -0.4 is 10.7 Å². The summed E-state index contributed by atoms with van der Waals surface area (Å²) in [6.07, 6.45) is 1.89. The summed E-state index contributed by atoms with van der Waals surface area (Å²) in [5, 5.41) is 6.92. The number of carbonyl (C=O) groups is 2. The van der Waals surface area contributed by atoms with E-state index in [1.165, 1.54) is 0 Å². The first-order chi connectivity index (χ1) is 9.98. The van der Waals surface area contributed by atoms with Gasteiger partial charge in [-0.1, -0.05) is 19.1 Å². The SMILES string of the molecule is CC1CC(=O)NN=C1c1ccc(NC(=O)C2(Cl)CC2)cc1. The fraction of sp³-hybridized carbons (Fsp3) is 0.400. The molecule has 2 amide bonds. The number of hydrogen-bond donors (Lipinski definition) is 2. The van der Waals surface area contributed by atoms with Crippen LogP contribution in [0.3, 0.4) is 0 Å². The van der Waals surface area contributed by atoms with Crippen LogP contribution >= 0.6 is 11.6 Å². The Labute approximate surface area is 127 Å². The maximum atomic E-state index is 11.9. The molecule has 1 saturated carbocycles. The fourth-order valence-electron chi connectivity index (χ4n) is 2.31. The van der Waals surface area contributed by atoms with Crippen LogP contribution in [0.1, 0.15) is 31.7 Å². The normalized spacial score (nSPS) is 23.0. The molecule has 1 aromatic carbocycles. The van der Waals surface area contributed by atoms with Crippen LogP contribution in [0.5, 0.6) is 0 Å². The summed E-state index contributed by atoms with van der Waals surface area (Å²) >= 11 is 6.06. The molecule has 1 unspecified atom stereocenters. The monoisotopic (exact) mass is 305 g/mol. The van der Waals surface area contributed by atoms with Crippen molar-refractivity contribution in [3.63, 3.8) is 0 Å². The molecule has 1 aliphatic carbocycles. The van der Waals surface area contributed by atoms with Gasteiger partial charge < -0.3 is 5.32 Å². The summed E-state index contributed by atoms with van der Waals surface area (Å²) in [6, 6.07) is 7.41. The van der Waals surface area contributed by atoms with Crippen molar-refractivity contribution in [1.29, 1.82) is 0 Å². The highest BCUT2D eigenvalue weighted by Crippen LogP contribution is 2.43. The minimum absolute atomic E-state index is 0.0630. The van der Waals surface area contributed by atoms with Crippen molar-refractivity contribution < 1.29 is 9.59 Å². The summed E-state index contributed by atoms with van der Waals surface area (Å²) in [6.45, 7) is 1.97. The first-order valence-electron chi connectivity index (χ1n) is 6.95. The molecule has 0 radical (unpaired) electrons. The molecular weight excluding hydrogens is 290 g/mol. The molecule has 1 heterocycles. The van der Waals surface area contributed by atoms with Crippen LogP contribution in [-0.4, -0.2) is 22.4 Å². The average molecular weight is 306 g/mol. The van der Waals surface area contributed by atoms with Crippen LogP contribution in [0.25, 0.3) is 0 Å². The van der Waals surface area contributed by atoms with Gasteiger partial charge in [0.05, 0.1) is 5.71 Å². The third kappa shape index (κ3) is 2.93. The number of nitrogens with one attached hydrogen (secondary N) is 2. The van der Waals surface area contributed by atoms with Gasteiger partial charge in [-0.3, -0.25) is 9.59 Å².